The molecule has 0 saturated carbocycles. The lowest BCUT2D eigenvalue weighted by molar-refractivity contribution is 0.102. The number of anilines is 1. The number of para-hydroxylation sites is 1. The van der Waals surface area contributed by atoms with Crippen molar-refractivity contribution in [2.24, 2.45) is 0 Å². The molecule has 3 rings (SSSR count). The van der Waals surface area contributed by atoms with Crippen LogP contribution in [-0.4, -0.2) is 10.9 Å². The van der Waals surface area contributed by atoms with Gasteiger partial charge in [-0.25, -0.2) is 0 Å². The molecule has 0 atom stereocenters. The Morgan fingerprint density at radius 1 is 1.05 bits per heavy atom. The van der Waals surface area contributed by atoms with Crippen LogP contribution in [0.4, 0.5) is 5.69 Å². The number of aromatic amines is 1. The fraction of sp³-hybridized carbons (Fsp3) is 0. The number of carbonyl (C=O) groups excluding carboxylic acids is 1. The van der Waals surface area contributed by atoms with Crippen molar-refractivity contribution in [2.75, 3.05) is 5.32 Å². The molecule has 0 radical (unpaired) electrons. The standard InChI is InChI=1S/C16H11BrN2O2/c17-10-5-7-11(8-6-10)18-16(21)13-9-15(20)19-14-4-2-1-3-12(13)14/h1-9H,(H,18,21)(H,19,20). The second-order valence-electron chi connectivity index (χ2n) is 4.55. The zero-order valence-electron chi connectivity index (χ0n) is 10.9. The lowest BCUT2D eigenvalue weighted by atomic mass is 10.1. The summed E-state index contributed by atoms with van der Waals surface area (Å²) in [5.74, 6) is -0.306. The quantitative estimate of drug-likeness (QED) is 0.748. The second kappa shape index (κ2) is 5.54. The lowest BCUT2D eigenvalue weighted by Gasteiger charge is -2.08. The molecule has 0 fully saturated rings. The van der Waals surface area contributed by atoms with Crippen LogP contribution in [0.3, 0.4) is 0 Å². The molecular weight excluding hydrogens is 332 g/mol. The fourth-order valence-corrected chi connectivity index (χ4v) is 2.39. The van der Waals surface area contributed by atoms with E-state index in [1.807, 2.05) is 30.3 Å². The molecule has 0 aliphatic carbocycles. The molecule has 1 aromatic heterocycles. The molecule has 4 nitrogen and oxygen atoms in total. The molecule has 1 amide bonds. The minimum atomic E-state index is -0.306. The predicted octanol–water partition coefficient (Wildman–Crippen LogP) is 3.54. The molecule has 0 saturated heterocycles. The summed E-state index contributed by atoms with van der Waals surface area (Å²) < 4.78 is 0.933. The van der Waals surface area contributed by atoms with Gasteiger partial charge in [-0.15, -0.1) is 0 Å². The van der Waals surface area contributed by atoms with E-state index in [0.717, 1.165) is 4.47 Å². The number of benzene rings is 2. The maximum absolute atomic E-state index is 12.4. The van der Waals surface area contributed by atoms with Crippen molar-refractivity contribution in [3.05, 3.63) is 75.0 Å². The zero-order chi connectivity index (χ0) is 14.8. The zero-order valence-corrected chi connectivity index (χ0v) is 12.5. The second-order valence-corrected chi connectivity index (χ2v) is 5.47. The Morgan fingerprint density at radius 3 is 2.52 bits per heavy atom. The summed E-state index contributed by atoms with van der Waals surface area (Å²) in [6, 6.07) is 15.8. The van der Waals surface area contributed by atoms with Crippen LogP contribution in [0, 0.1) is 0 Å². The van der Waals surface area contributed by atoms with E-state index in [-0.39, 0.29) is 11.5 Å². The van der Waals surface area contributed by atoms with Gasteiger partial charge in [-0.2, -0.15) is 0 Å². The molecule has 0 unspecified atom stereocenters. The Morgan fingerprint density at radius 2 is 1.76 bits per heavy atom. The molecule has 0 bridgehead atoms. The molecule has 2 N–H and O–H groups in total. The van der Waals surface area contributed by atoms with Crippen molar-refractivity contribution in [1.29, 1.82) is 0 Å². The number of aromatic nitrogens is 1. The lowest BCUT2D eigenvalue weighted by Crippen LogP contribution is -2.16. The predicted molar refractivity (Wildman–Crippen MR) is 86.7 cm³/mol. The third-order valence-corrected chi connectivity index (χ3v) is 3.63. The normalized spacial score (nSPS) is 10.5. The van der Waals surface area contributed by atoms with Crippen LogP contribution < -0.4 is 10.9 Å². The van der Waals surface area contributed by atoms with E-state index in [4.69, 9.17) is 0 Å². The third kappa shape index (κ3) is 2.87. The van der Waals surface area contributed by atoms with Crippen molar-refractivity contribution in [3.8, 4) is 0 Å². The monoisotopic (exact) mass is 342 g/mol. The maximum atomic E-state index is 12.4. The molecule has 0 aliphatic rings. The number of amides is 1. The van der Waals surface area contributed by atoms with Gasteiger partial charge in [-0.05, 0) is 30.3 Å². The summed E-state index contributed by atoms with van der Waals surface area (Å²) in [6.07, 6.45) is 0. The highest BCUT2D eigenvalue weighted by molar-refractivity contribution is 9.10. The van der Waals surface area contributed by atoms with Crippen LogP contribution >= 0.6 is 15.9 Å². The maximum Gasteiger partial charge on any atom is 0.256 e. The molecule has 3 aromatic rings. The summed E-state index contributed by atoms with van der Waals surface area (Å²) in [4.78, 5) is 26.8. The molecular formula is C16H11BrN2O2. The molecule has 0 aliphatic heterocycles. The Labute approximate surface area is 128 Å². The van der Waals surface area contributed by atoms with Gasteiger partial charge in [0.05, 0.1) is 5.56 Å². The Kier molecular flexibility index (Phi) is 3.58. The van der Waals surface area contributed by atoms with Crippen LogP contribution in [-0.2, 0) is 0 Å². The molecule has 21 heavy (non-hydrogen) atoms. The fourth-order valence-electron chi connectivity index (χ4n) is 2.12. The van der Waals surface area contributed by atoms with Gasteiger partial charge in [-0.3, -0.25) is 9.59 Å². The van der Waals surface area contributed by atoms with Gasteiger partial charge in [-0.1, -0.05) is 34.1 Å². The number of pyridine rings is 1. The Bertz CT molecular complexity index is 869. The SMILES string of the molecule is O=C(Nc1ccc(Br)cc1)c1cc(=O)[nH]c2ccccc12. The van der Waals surface area contributed by atoms with Crippen molar-refractivity contribution in [3.63, 3.8) is 0 Å². The average Bonchev–Trinajstić information content (AvgIpc) is 2.48. The summed E-state index contributed by atoms with van der Waals surface area (Å²) in [7, 11) is 0. The Hall–Kier alpha value is -2.40. The smallest absolute Gasteiger partial charge is 0.256 e. The molecule has 5 heteroatoms. The highest BCUT2D eigenvalue weighted by Crippen LogP contribution is 2.18. The molecule has 1 heterocycles. The number of nitrogens with one attached hydrogen (secondary N) is 2. The number of hydrogen-bond donors (Lipinski definition) is 2. The number of hydrogen-bond acceptors (Lipinski definition) is 2. The van der Waals surface area contributed by atoms with E-state index < -0.39 is 0 Å². The van der Waals surface area contributed by atoms with Gasteiger partial charge < -0.3 is 10.3 Å². The molecule has 2 aromatic carbocycles. The highest BCUT2D eigenvalue weighted by Gasteiger charge is 2.11. The third-order valence-electron chi connectivity index (χ3n) is 3.10. The van der Waals surface area contributed by atoms with Crippen LogP contribution in [0.15, 0.2) is 63.9 Å². The number of fused-ring (bicyclic) bond motifs is 1. The number of H-pyrrole nitrogens is 1. The van der Waals surface area contributed by atoms with Crippen LogP contribution in [0.2, 0.25) is 0 Å². The summed E-state index contributed by atoms with van der Waals surface area (Å²) in [5, 5.41) is 3.51. The first-order chi connectivity index (χ1) is 10.1. The summed E-state index contributed by atoms with van der Waals surface area (Å²) in [5.41, 5.74) is 1.38. The number of rotatable bonds is 2. The van der Waals surface area contributed by atoms with Crippen LogP contribution in [0.1, 0.15) is 10.4 Å². The van der Waals surface area contributed by atoms with E-state index >= 15 is 0 Å². The van der Waals surface area contributed by atoms with E-state index in [0.29, 0.717) is 22.2 Å². The number of halogens is 1. The van der Waals surface area contributed by atoms with E-state index in [1.54, 1.807) is 18.2 Å². The topological polar surface area (TPSA) is 62.0 Å². The molecule has 0 spiro atoms. The van der Waals surface area contributed by atoms with Crippen LogP contribution in [0.5, 0.6) is 0 Å². The first-order valence-corrected chi connectivity index (χ1v) is 7.12. The minimum Gasteiger partial charge on any atom is -0.322 e. The van der Waals surface area contributed by atoms with Gasteiger partial charge in [0.25, 0.3) is 5.91 Å². The Balaban J connectivity index is 2.01. The van der Waals surface area contributed by atoms with E-state index in [9.17, 15) is 9.59 Å². The van der Waals surface area contributed by atoms with Gasteiger partial charge in [0.15, 0.2) is 0 Å². The minimum absolute atomic E-state index is 0.297. The van der Waals surface area contributed by atoms with Gasteiger partial charge in [0.1, 0.15) is 0 Å². The first kappa shape index (κ1) is 13.6. The van der Waals surface area contributed by atoms with Gasteiger partial charge in [0.2, 0.25) is 5.56 Å². The summed E-state index contributed by atoms with van der Waals surface area (Å²) >= 11 is 3.34. The highest BCUT2D eigenvalue weighted by atomic mass is 79.9. The van der Waals surface area contributed by atoms with Crippen molar-refractivity contribution < 1.29 is 4.79 Å². The van der Waals surface area contributed by atoms with Gasteiger partial charge >= 0.3 is 0 Å². The van der Waals surface area contributed by atoms with Crippen molar-refractivity contribution >= 4 is 38.4 Å². The van der Waals surface area contributed by atoms with Crippen molar-refractivity contribution in [2.45, 2.75) is 0 Å². The van der Waals surface area contributed by atoms with Gasteiger partial charge in [0, 0.05) is 27.1 Å². The van der Waals surface area contributed by atoms with E-state index in [2.05, 4.69) is 26.2 Å². The molecule has 104 valence electrons. The average molecular weight is 343 g/mol. The largest absolute Gasteiger partial charge is 0.322 e. The van der Waals surface area contributed by atoms with Crippen LogP contribution in [0.25, 0.3) is 10.9 Å². The summed E-state index contributed by atoms with van der Waals surface area (Å²) in [6.45, 7) is 0. The van der Waals surface area contributed by atoms with Crippen molar-refractivity contribution in [1.82, 2.24) is 4.98 Å². The number of carbonyl (C=O) groups is 1. The van der Waals surface area contributed by atoms with E-state index in [1.165, 1.54) is 6.07 Å². The first-order valence-electron chi connectivity index (χ1n) is 6.32.